The number of halogens is 4. The molecule has 0 aliphatic rings. The Kier molecular flexibility index (Phi) is 6.78. The van der Waals surface area contributed by atoms with Gasteiger partial charge in [0.05, 0.1) is 36.1 Å². The minimum absolute atomic E-state index is 0.136. The summed E-state index contributed by atoms with van der Waals surface area (Å²) >= 11 is 0. The van der Waals surface area contributed by atoms with Crippen molar-refractivity contribution in [3.63, 3.8) is 0 Å². The van der Waals surface area contributed by atoms with E-state index in [0.29, 0.717) is 58.9 Å². The van der Waals surface area contributed by atoms with Crippen molar-refractivity contribution in [2.45, 2.75) is 26.3 Å². The van der Waals surface area contributed by atoms with Gasteiger partial charge in [0.2, 0.25) is 0 Å². The summed E-state index contributed by atoms with van der Waals surface area (Å²) in [6.45, 7) is 2.29. The van der Waals surface area contributed by atoms with Crippen LogP contribution in [0.4, 0.5) is 17.6 Å². The Morgan fingerprint density at radius 2 is 1.78 bits per heavy atom. The summed E-state index contributed by atoms with van der Waals surface area (Å²) in [6, 6.07) is 13.5. The number of nitrogens with one attached hydrogen (secondary N) is 2. The third-order valence-electron chi connectivity index (χ3n) is 6.59. The summed E-state index contributed by atoms with van der Waals surface area (Å²) < 4.78 is 60.4. The number of benzene rings is 3. The van der Waals surface area contributed by atoms with Crippen molar-refractivity contribution in [1.82, 2.24) is 20.1 Å². The molecule has 0 radical (unpaired) electrons. The summed E-state index contributed by atoms with van der Waals surface area (Å²) in [6.07, 6.45) is 2.37. The minimum atomic E-state index is -0.684. The van der Waals surface area contributed by atoms with E-state index >= 15 is 13.2 Å². The molecule has 5 aromatic rings. The highest BCUT2D eigenvalue weighted by molar-refractivity contribution is 6.07. The molecule has 0 aliphatic heterocycles. The summed E-state index contributed by atoms with van der Waals surface area (Å²) in [5.41, 5.74) is 3.35. The topological polar surface area (TPSA) is 45.6 Å². The highest BCUT2D eigenvalue weighted by Crippen LogP contribution is 2.38. The molecule has 0 atom stereocenters. The number of fused-ring (bicyclic) bond motifs is 3. The van der Waals surface area contributed by atoms with E-state index in [1.165, 1.54) is 12.1 Å². The van der Waals surface area contributed by atoms with Crippen LogP contribution in [0.1, 0.15) is 23.1 Å². The average Bonchev–Trinajstić information content (AvgIpc) is 3.44. The number of hydrogen-bond donors (Lipinski definition) is 2. The summed E-state index contributed by atoms with van der Waals surface area (Å²) in [4.78, 5) is 0. The predicted octanol–water partition coefficient (Wildman–Crippen LogP) is 6.45. The SMILES string of the molecule is Cc1ccccc1-c1c(F)c2c3cn[nH]c3ccc2n1Cc1c(F)cc(CCNCCCF)cc1F. The molecule has 0 bridgehead atoms. The first-order chi connectivity index (χ1) is 17.5. The number of aryl methyl sites for hydroxylation is 1. The first-order valence-electron chi connectivity index (χ1n) is 11.9. The lowest BCUT2D eigenvalue weighted by atomic mass is 10.0. The summed E-state index contributed by atoms with van der Waals surface area (Å²) in [7, 11) is 0. The smallest absolute Gasteiger partial charge is 0.157 e. The second-order valence-corrected chi connectivity index (χ2v) is 8.94. The lowest BCUT2D eigenvalue weighted by Crippen LogP contribution is -2.19. The van der Waals surface area contributed by atoms with Crippen molar-refractivity contribution in [2.75, 3.05) is 19.8 Å². The molecule has 0 aliphatic carbocycles. The maximum atomic E-state index is 16.1. The zero-order valence-electron chi connectivity index (χ0n) is 19.8. The molecule has 0 fully saturated rings. The highest BCUT2D eigenvalue weighted by atomic mass is 19.1. The minimum Gasteiger partial charge on any atom is -0.333 e. The molecule has 186 valence electrons. The Bertz CT molecular complexity index is 1510. The fraction of sp³-hybridized carbons (Fsp3) is 0.250. The van der Waals surface area contributed by atoms with Crippen LogP contribution in [0.3, 0.4) is 0 Å². The molecule has 2 heterocycles. The Morgan fingerprint density at radius 1 is 1.00 bits per heavy atom. The van der Waals surface area contributed by atoms with Gasteiger partial charge in [0.15, 0.2) is 5.82 Å². The molecule has 5 rings (SSSR count). The van der Waals surface area contributed by atoms with Crippen LogP contribution in [0.25, 0.3) is 33.1 Å². The molecule has 3 aromatic carbocycles. The number of nitrogens with zero attached hydrogens (tertiary/aromatic N) is 2. The molecule has 0 unspecified atom stereocenters. The van der Waals surface area contributed by atoms with Crippen molar-refractivity contribution in [1.29, 1.82) is 0 Å². The zero-order chi connectivity index (χ0) is 25.2. The maximum absolute atomic E-state index is 16.1. The number of hydrogen-bond acceptors (Lipinski definition) is 2. The molecule has 0 saturated heterocycles. The number of H-pyrrole nitrogens is 1. The van der Waals surface area contributed by atoms with E-state index in [1.807, 2.05) is 25.1 Å². The van der Waals surface area contributed by atoms with Crippen LogP contribution in [-0.4, -0.2) is 34.5 Å². The van der Waals surface area contributed by atoms with Gasteiger partial charge in [0.1, 0.15) is 11.6 Å². The molecule has 2 N–H and O–H groups in total. The van der Waals surface area contributed by atoms with Gasteiger partial charge in [-0.1, -0.05) is 24.3 Å². The van der Waals surface area contributed by atoms with Gasteiger partial charge in [-0.25, -0.2) is 13.2 Å². The third kappa shape index (κ3) is 4.37. The van der Waals surface area contributed by atoms with E-state index in [0.717, 1.165) is 5.56 Å². The van der Waals surface area contributed by atoms with Crippen molar-refractivity contribution >= 4 is 21.8 Å². The first kappa shape index (κ1) is 24.1. The molecular formula is C28H26F4N4. The Hall–Kier alpha value is -3.65. The van der Waals surface area contributed by atoms with E-state index < -0.39 is 24.1 Å². The number of aromatic nitrogens is 3. The van der Waals surface area contributed by atoms with Gasteiger partial charge in [0, 0.05) is 21.9 Å². The Labute approximate surface area is 205 Å². The molecular weight excluding hydrogens is 468 g/mol. The van der Waals surface area contributed by atoms with Crippen molar-refractivity contribution < 1.29 is 17.6 Å². The normalized spacial score (nSPS) is 11.7. The number of aromatic amines is 1. The molecule has 36 heavy (non-hydrogen) atoms. The van der Waals surface area contributed by atoms with Gasteiger partial charge in [-0.15, -0.1) is 0 Å². The lowest BCUT2D eigenvalue weighted by molar-refractivity contribution is 0.460. The molecule has 4 nitrogen and oxygen atoms in total. The second-order valence-electron chi connectivity index (χ2n) is 8.94. The van der Waals surface area contributed by atoms with Gasteiger partial charge < -0.3 is 9.88 Å². The van der Waals surface area contributed by atoms with Crippen LogP contribution >= 0.6 is 0 Å². The lowest BCUT2D eigenvalue weighted by Gasteiger charge is -2.15. The standard InChI is InChI=1S/C28H26F4N4/c1-17-5-2-3-6-19(17)28-27(32)26-20-15-34-35-24(20)7-8-25(26)36(28)16-21-22(30)13-18(14-23(21)31)9-12-33-11-4-10-29/h2-3,5-8,13-15,33H,4,9-12,16H2,1H3,(H,34,35). The van der Waals surface area contributed by atoms with Gasteiger partial charge >= 0.3 is 0 Å². The maximum Gasteiger partial charge on any atom is 0.157 e. The van der Waals surface area contributed by atoms with Gasteiger partial charge in [-0.3, -0.25) is 9.49 Å². The molecule has 8 heteroatoms. The van der Waals surface area contributed by atoms with E-state index in [4.69, 9.17) is 0 Å². The van der Waals surface area contributed by atoms with Crippen LogP contribution in [0.5, 0.6) is 0 Å². The van der Waals surface area contributed by atoms with Crippen molar-refractivity contribution in [3.05, 3.63) is 88.9 Å². The largest absolute Gasteiger partial charge is 0.333 e. The quantitative estimate of drug-likeness (QED) is 0.183. The Morgan fingerprint density at radius 3 is 2.53 bits per heavy atom. The number of rotatable bonds is 9. The summed E-state index contributed by atoms with van der Waals surface area (Å²) in [5, 5.41) is 10.9. The van der Waals surface area contributed by atoms with Gasteiger partial charge in [-0.05, 0) is 68.2 Å². The highest BCUT2D eigenvalue weighted by Gasteiger charge is 2.24. The van der Waals surface area contributed by atoms with Gasteiger partial charge in [-0.2, -0.15) is 5.10 Å². The Balaban J connectivity index is 1.59. The van der Waals surface area contributed by atoms with Crippen LogP contribution in [0.2, 0.25) is 0 Å². The molecule has 0 spiro atoms. The van der Waals surface area contributed by atoms with Crippen molar-refractivity contribution in [2.24, 2.45) is 0 Å². The fourth-order valence-corrected chi connectivity index (χ4v) is 4.74. The predicted molar refractivity (Wildman–Crippen MR) is 134 cm³/mol. The second kappa shape index (κ2) is 10.1. The monoisotopic (exact) mass is 494 g/mol. The van der Waals surface area contributed by atoms with Gasteiger partial charge in [0.25, 0.3) is 0 Å². The van der Waals surface area contributed by atoms with Crippen LogP contribution in [0, 0.1) is 24.4 Å². The van der Waals surface area contributed by atoms with E-state index in [1.54, 1.807) is 29.0 Å². The summed E-state index contributed by atoms with van der Waals surface area (Å²) in [5.74, 6) is -1.82. The first-order valence-corrected chi connectivity index (χ1v) is 11.9. The van der Waals surface area contributed by atoms with Crippen LogP contribution in [-0.2, 0) is 13.0 Å². The van der Waals surface area contributed by atoms with Crippen LogP contribution < -0.4 is 5.32 Å². The zero-order valence-corrected chi connectivity index (χ0v) is 19.8. The van der Waals surface area contributed by atoms with E-state index in [-0.39, 0.29) is 17.8 Å². The molecule has 0 saturated carbocycles. The van der Waals surface area contributed by atoms with E-state index in [9.17, 15) is 4.39 Å². The molecule has 0 amide bonds. The molecule has 2 aromatic heterocycles. The van der Waals surface area contributed by atoms with Crippen LogP contribution in [0.15, 0.2) is 54.7 Å². The van der Waals surface area contributed by atoms with Crippen molar-refractivity contribution in [3.8, 4) is 11.3 Å². The fourth-order valence-electron chi connectivity index (χ4n) is 4.74. The van der Waals surface area contributed by atoms with E-state index in [2.05, 4.69) is 15.5 Å². The third-order valence-corrected chi connectivity index (χ3v) is 6.59. The average molecular weight is 495 g/mol. The number of alkyl halides is 1.